The summed E-state index contributed by atoms with van der Waals surface area (Å²) in [5.74, 6) is 5.42. The first-order valence-electron chi connectivity index (χ1n) is 13.3. The van der Waals surface area contributed by atoms with Crippen molar-refractivity contribution in [1.82, 2.24) is 34.5 Å². The van der Waals surface area contributed by atoms with E-state index in [-0.39, 0.29) is 16.8 Å². The summed E-state index contributed by atoms with van der Waals surface area (Å²) >= 11 is 0. The Morgan fingerprint density at radius 3 is 2.59 bits per heavy atom. The summed E-state index contributed by atoms with van der Waals surface area (Å²) in [7, 11) is -2.33. The van der Waals surface area contributed by atoms with Crippen LogP contribution in [0.15, 0.2) is 40.5 Å². The highest BCUT2D eigenvalue weighted by molar-refractivity contribution is 8.00. The molecular formula is C28H32N8O2S. The van der Waals surface area contributed by atoms with E-state index >= 15 is 0 Å². The summed E-state index contributed by atoms with van der Waals surface area (Å²) in [5, 5.41) is 3.16. The first kappa shape index (κ1) is 25.5. The molecule has 0 spiro atoms. The molecule has 2 saturated carbocycles. The normalized spacial score (nSPS) is 17.6. The van der Waals surface area contributed by atoms with Crippen LogP contribution in [0.5, 0.6) is 0 Å². The van der Waals surface area contributed by atoms with E-state index in [1.807, 2.05) is 13.8 Å². The molecule has 2 aliphatic rings. The van der Waals surface area contributed by atoms with Gasteiger partial charge in [-0.25, -0.2) is 24.9 Å². The maximum atomic E-state index is 13.7. The summed E-state index contributed by atoms with van der Waals surface area (Å²) < 4.78 is 14.3. The third-order valence-electron chi connectivity index (χ3n) is 7.71. The van der Waals surface area contributed by atoms with Crippen molar-refractivity contribution in [3.8, 4) is 11.4 Å². The lowest BCUT2D eigenvalue weighted by Crippen LogP contribution is -2.29. The van der Waals surface area contributed by atoms with Crippen molar-refractivity contribution >= 4 is 32.4 Å². The molecule has 0 aromatic carbocycles. The summed E-state index contributed by atoms with van der Waals surface area (Å²) in [6.45, 7) is 6.82. The first-order valence-corrected chi connectivity index (χ1v) is 15.2. The van der Waals surface area contributed by atoms with Crippen molar-refractivity contribution in [2.75, 3.05) is 11.1 Å². The van der Waals surface area contributed by atoms with Gasteiger partial charge < -0.3 is 5.32 Å². The fourth-order valence-electron chi connectivity index (χ4n) is 4.68. The number of hydrogen-bond donors (Lipinski definition) is 1. The summed E-state index contributed by atoms with van der Waals surface area (Å²) in [5.41, 5.74) is 4.23. The SMILES string of the molecule is C=S(=O)(CC)c1ccc(CNc2nc3cnc(-c4c(C)ncnc4C4CC4)nc3n(CC3(C)CC3)c2=O)nc1. The maximum Gasteiger partial charge on any atom is 0.294 e. The number of rotatable bonds is 9. The Balaban J connectivity index is 1.37. The highest BCUT2D eigenvalue weighted by Crippen LogP contribution is 2.46. The molecule has 0 amide bonds. The van der Waals surface area contributed by atoms with Gasteiger partial charge in [-0.1, -0.05) is 13.8 Å². The van der Waals surface area contributed by atoms with E-state index in [0.717, 1.165) is 42.6 Å². The molecule has 6 rings (SSSR count). The van der Waals surface area contributed by atoms with Crippen LogP contribution in [0, 0.1) is 12.3 Å². The topological polar surface area (TPSA) is 128 Å². The Labute approximate surface area is 227 Å². The van der Waals surface area contributed by atoms with Gasteiger partial charge in [0.05, 0.1) is 35.4 Å². The predicted molar refractivity (Wildman–Crippen MR) is 152 cm³/mol. The molecule has 0 radical (unpaired) electrons. The van der Waals surface area contributed by atoms with Gasteiger partial charge in [0.2, 0.25) is 0 Å². The molecule has 1 N–H and O–H groups in total. The highest BCUT2D eigenvalue weighted by Gasteiger charge is 2.38. The predicted octanol–water partition coefficient (Wildman–Crippen LogP) is 3.73. The van der Waals surface area contributed by atoms with Crippen LogP contribution in [0.4, 0.5) is 5.82 Å². The Morgan fingerprint density at radius 1 is 1.13 bits per heavy atom. The largest absolute Gasteiger partial charge is 0.360 e. The zero-order valence-corrected chi connectivity index (χ0v) is 23.3. The third-order valence-corrected chi connectivity index (χ3v) is 9.75. The molecule has 1 atom stereocenters. The number of fused-ring (bicyclic) bond motifs is 1. The van der Waals surface area contributed by atoms with Gasteiger partial charge in [0.15, 0.2) is 17.3 Å². The van der Waals surface area contributed by atoms with Crippen LogP contribution in [0.1, 0.15) is 62.5 Å². The number of nitrogens with zero attached hydrogens (tertiary/aromatic N) is 7. The Hall–Kier alpha value is -3.73. The van der Waals surface area contributed by atoms with Crippen molar-refractivity contribution in [3.05, 3.63) is 58.3 Å². The van der Waals surface area contributed by atoms with Crippen molar-refractivity contribution in [1.29, 1.82) is 0 Å². The number of pyridine rings is 1. The minimum absolute atomic E-state index is 0.0590. The van der Waals surface area contributed by atoms with Crippen LogP contribution in [0.2, 0.25) is 0 Å². The number of nitrogens with one attached hydrogen (secondary N) is 1. The van der Waals surface area contributed by atoms with Gasteiger partial charge in [-0.15, -0.1) is 0 Å². The van der Waals surface area contributed by atoms with Crippen LogP contribution >= 0.6 is 0 Å². The third kappa shape index (κ3) is 5.03. The maximum absolute atomic E-state index is 13.7. The van der Waals surface area contributed by atoms with Crippen LogP contribution < -0.4 is 10.9 Å². The minimum Gasteiger partial charge on any atom is -0.360 e. The van der Waals surface area contributed by atoms with E-state index in [1.54, 1.807) is 35.4 Å². The molecule has 202 valence electrons. The second kappa shape index (κ2) is 9.48. The first-order chi connectivity index (χ1) is 18.7. The Kier molecular flexibility index (Phi) is 6.21. The van der Waals surface area contributed by atoms with E-state index in [2.05, 4.69) is 43.0 Å². The van der Waals surface area contributed by atoms with E-state index in [4.69, 9.17) is 4.98 Å². The lowest BCUT2D eigenvalue weighted by Gasteiger charge is -2.17. The molecule has 4 aromatic rings. The summed E-state index contributed by atoms with van der Waals surface area (Å²) in [6, 6.07) is 3.58. The Bertz CT molecular complexity index is 1740. The molecule has 0 aliphatic heterocycles. The standard InChI is InChI=1S/C28H32N8O2S/c1-5-39(4,38)20-9-8-19(29-13-20)12-30-25-27(37)36(15-28(3)10-11-28)26-21(34-25)14-31-24(35-26)22-17(2)32-16-33-23(22)18-6-7-18/h8-9,13-14,16,18H,4-7,10-12,15H2,1-3H3,(H,30,34). The molecular weight excluding hydrogens is 512 g/mol. The van der Waals surface area contributed by atoms with Gasteiger partial charge in [0.1, 0.15) is 11.8 Å². The molecule has 11 heteroatoms. The molecule has 2 fully saturated rings. The molecule has 2 aliphatic carbocycles. The quantitative estimate of drug-likeness (QED) is 0.313. The average molecular weight is 545 g/mol. The van der Waals surface area contributed by atoms with E-state index in [0.29, 0.717) is 52.3 Å². The van der Waals surface area contributed by atoms with Crippen LogP contribution in [-0.2, 0) is 22.6 Å². The van der Waals surface area contributed by atoms with Gasteiger partial charge in [-0.2, -0.15) is 0 Å². The molecule has 4 aromatic heterocycles. The lowest BCUT2D eigenvalue weighted by molar-refractivity contribution is 0.463. The second-order valence-electron chi connectivity index (χ2n) is 11.0. The number of anilines is 1. The van der Waals surface area contributed by atoms with Crippen LogP contribution in [-0.4, -0.2) is 50.3 Å². The monoisotopic (exact) mass is 544 g/mol. The zero-order valence-electron chi connectivity index (χ0n) is 22.5. The molecule has 4 heterocycles. The Morgan fingerprint density at radius 2 is 1.92 bits per heavy atom. The van der Waals surface area contributed by atoms with Gasteiger partial charge in [-0.05, 0) is 65.5 Å². The molecule has 1 unspecified atom stereocenters. The number of aryl methyl sites for hydroxylation is 1. The zero-order chi connectivity index (χ0) is 27.4. The fraction of sp³-hybridized carbons (Fsp3) is 0.429. The van der Waals surface area contributed by atoms with Crippen LogP contribution in [0.25, 0.3) is 22.6 Å². The number of hydrogen-bond acceptors (Lipinski definition) is 9. The van der Waals surface area contributed by atoms with E-state index < -0.39 is 9.52 Å². The second-order valence-corrected chi connectivity index (χ2v) is 13.7. The van der Waals surface area contributed by atoms with Gasteiger partial charge >= 0.3 is 0 Å². The van der Waals surface area contributed by atoms with E-state index in [1.165, 1.54) is 0 Å². The van der Waals surface area contributed by atoms with Gasteiger partial charge in [0.25, 0.3) is 5.56 Å². The summed E-state index contributed by atoms with van der Waals surface area (Å²) in [6.07, 6.45) is 9.19. The molecule has 10 nitrogen and oxygen atoms in total. The lowest BCUT2D eigenvalue weighted by atomic mass is 10.1. The molecule has 0 saturated heterocycles. The minimum atomic E-state index is -2.33. The fourth-order valence-corrected chi connectivity index (χ4v) is 5.58. The van der Waals surface area contributed by atoms with Crippen molar-refractivity contribution in [2.45, 2.75) is 70.4 Å². The molecule has 0 bridgehead atoms. The van der Waals surface area contributed by atoms with Crippen molar-refractivity contribution in [2.24, 2.45) is 5.41 Å². The van der Waals surface area contributed by atoms with Crippen molar-refractivity contribution < 1.29 is 4.21 Å². The average Bonchev–Trinajstić information content (AvgIpc) is 3.87. The highest BCUT2D eigenvalue weighted by atomic mass is 32.2. The van der Waals surface area contributed by atoms with E-state index in [9.17, 15) is 9.00 Å². The number of aromatic nitrogens is 7. The summed E-state index contributed by atoms with van der Waals surface area (Å²) in [4.78, 5) is 41.9. The smallest absolute Gasteiger partial charge is 0.294 e. The van der Waals surface area contributed by atoms with Gasteiger partial charge in [-0.3, -0.25) is 18.6 Å². The van der Waals surface area contributed by atoms with Gasteiger partial charge in [0, 0.05) is 29.3 Å². The van der Waals surface area contributed by atoms with Crippen molar-refractivity contribution in [3.63, 3.8) is 0 Å². The van der Waals surface area contributed by atoms with Crippen LogP contribution in [0.3, 0.4) is 0 Å². The molecule has 39 heavy (non-hydrogen) atoms.